The fourth-order valence-corrected chi connectivity index (χ4v) is 2.82. The van der Waals surface area contributed by atoms with E-state index < -0.39 is 5.54 Å². The number of benzene rings is 2. The number of rotatable bonds is 5. The normalized spacial score (nSPS) is 13.8. The first-order valence-corrected chi connectivity index (χ1v) is 7.96. The lowest BCUT2D eigenvalue weighted by molar-refractivity contribution is 0.413. The molecule has 0 saturated heterocycles. The van der Waals surface area contributed by atoms with Crippen LogP contribution in [0.2, 0.25) is 0 Å². The van der Waals surface area contributed by atoms with Crippen LogP contribution in [0.25, 0.3) is 0 Å². The van der Waals surface area contributed by atoms with Crippen molar-refractivity contribution in [3.8, 4) is 5.75 Å². The molecule has 112 valence electrons. The van der Waals surface area contributed by atoms with E-state index >= 15 is 0 Å². The predicted octanol–water partition coefficient (Wildman–Crippen LogP) is 4.44. The summed E-state index contributed by atoms with van der Waals surface area (Å²) in [5, 5.41) is 0. The molecule has 0 saturated carbocycles. The zero-order chi connectivity index (χ0) is 15.5. The van der Waals surface area contributed by atoms with Crippen LogP contribution in [-0.4, -0.2) is 7.11 Å². The van der Waals surface area contributed by atoms with Crippen molar-refractivity contribution in [1.29, 1.82) is 0 Å². The van der Waals surface area contributed by atoms with Gasteiger partial charge in [0.05, 0.1) is 7.11 Å². The van der Waals surface area contributed by atoms with Gasteiger partial charge in [0, 0.05) is 10.0 Å². The van der Waals surface area contributed by atoms with Gasteiger partial charge in [-0.3, -0.25) is 0 Å². The molecule has 2 nitrogen and oxygen atoms in total. The Morgan fingerprint density at radius 3 is 2.38 bits per heavy atom. The van der Waals surface area contributed by atoms with Gasteiger partial charge in [0.2, 0.25) is 0 Å². The second-order valence-corrected chi connectivity index (χ2v) is 6.46. The maximum Gasteiger partial charge on any atom is 0.119 e. The van der Waals surface area contributed by atoms with Gasteiger partial charge in [0.25, 0.3) is 0 Å². The lowest BCUT2D eigenvalue weighted by atomic mass is 9.86. The van der Waals surface area contributed by atoms with E-state index in [2.05, 4.69) is 54.0 Å². The highest BCUT2D eigenvalue weighted by atomic mass is 79.9. The first-order chi connectivity index (χ1) is 9.96. The van der Waals surface area contributed by atoms with Crippen molar-refractivity contribution in [3.63, 3.8) is 0 Å². The standard InChI is InChI=1S/C18H22BrNO/c1-4-13-5-7-15(8-6-13)18(2,20)12-14-11-16(21-3)9-10-17(14)19/h5-11H,4,12,20H2,1-3H3. The quantitative estimate of drug-likeness (QED) is 0.867. The second-order valence-electron chi connectivity index (χ2n) is 5.60. The Morgan fingerprint density at radius 2 is 1.81 bits per heavy atom. The average molecular weight is 348 g/mol. The van der Waals surface area contributed by atoms with E-state index in [0.29, 0.717) is 0 Å². The van der Waals surface area contributed by atoms with Crippen LogP contribution in [0.3, 0.4) is 0 Å². The maximum absolute atomic E-state index is 6.56. The molecule has 2 aromatic rings. The van der Waals surface area contributed by atoms with Crippen LogP contribution in [0.1, 0.15) is 30.5 Å². The van der Waals surface area contributed by atoms with Gasteiger partial charge >= 0.3 is 0 Å². The molecule has 0 spiro atoms. The monoisotopic (exact) mass is 347 g/mol. The van der Waals surface area contributed by atoms with E-state index in [1.807, 2.05) is 18.2 Å². The van der Waals surface area contributed by atoms with Crippen LogP contribution in [0, 0.1) is 0 Å². The first kappa shape index (κ1) is 16.1. The third-order valence-electron chi connectivity index (χ3n) is 3.83. The number of ether oxygens (including phenoxy) is 1. The third kappa shape index (κ3) is 3.86. The second kappa shape index (κ2) is 6.63. The largest absolute Gasteiger partial charge is 0.497 e. The summed E-state index contributed by atoms with van der Waals surface area (Å²) in [6, 6.07) is 14.6. The molecular weight excluding hydrogens is 326 g/mol. The highest BCUT2D eigenvalue weighted by molar-refractivity contribution is 9.10. The Balaban J connectivity index is 2.27. The molecule has 0 aliphatic carbocycles. The third-order valence-corrected chi connectivity index (χ3v) is 4.61. The van der Waals surface area contributed by atoms with Crippen LogP contribution >= 0.6 is 15.9 Å². The van der Waals surface area contributed by atoms with Crippen LogP contribution in [0.5, 0.6) is 5.75 Å². The minimum atomic E-state index is -0.416. The molecule has 0 fully saturated rings. The van der Waals surface area contributed by atoms with Crippen molar-refractivity contribution in [2.75, 3.05) is 7.11 Å². The molecular formula is C18H22BrNO. The summed E-state index contributed by atoms with van der Waals surface area (Å²) in [4.78, 5) is 0. The summed E-state index contributed by atoms with van der Waals surface area (Å²) >= 11 is 3.60. The molecule has 21 heavy (non-hydrogen) atoms. The Labute approximate surface area is 135 Å². The van der Waals surface area contributed by atoms with E-state index in [1.54, 1.807) is 7.11 Å². The van der Waals surface area contributed by atoms with Gasteiger partial charge in [-0.25, -0.2) is 0 Å². The van der Waals surface area contributed by atoms with Crippen LogP contribution in [0.4, 0.5) is 0 Å². The van der Waals surface area contributed by atoms with Gasteiger partial charge in [-0.05, 0) is 54.7 Å². The summed E-state index contributed by atoms with van der Waals surface area (Å²) in [7, 11) is 1.68. The van der Waals surface area contributed by atoms with Crippen LogP contribution < -0.4 is 10.5 Å². The van der Waals surface area contributed by atoms with Gasteiger partial charge < -0.3 is 10.5 Å². The SMILES string of the molecule is CCc1ccc(C(C)(N)Cc2cc(OC)ccc2Br)cc1. The Morgan fingerprint density at radius 1 is 1.14 bits per heavy atom. The molecule has 0 aliphatic rings. The van der Waals surface area contributed by atoms with Gasteiger partial charge in [-0.2, -0.15) is 0 Å². The molecule has 0 amide bonds. The molecule has 2 rings (SSSR count). The van der Waals surface area contributed by atoms with Crippen molar-refractivity contribution in [3.05, 3.63) is 63.6 Å². The number of nitrogens with two attached hydrogens (primary N) is 1. The van der Waals surface area contributed by atoms with Gasteiger partial charge in [0.1, 0.15) is 5.75 Å². The minimum Gasteiger partial charge on any atom is -0.497 e. The van der Waals surface area contributed by atoms with Crippen LogP contribution in [0.15, 0.2) is 46.9 Å². The van der Waals surface area contributed by atoms with Gasteiger partial charge in [-0.15, -0.1) is 0 Å². The zero-order valence-electron chi connectivity index (χ0n) is 12.8. The molecule has 0 aromatic heterocycles. The average Bonchev–Trinajstić information content (AvgIpc) is 2.49. The number of methoxy groups -OCH3 is 1. The molecule has 3 heteroatoms. The molecule has 0 bridgehead atoms. The molecule has 2 N–H and O–H groups in total. The maximum atomic E-state index is 6.56. The minimum absolute atomic E-state index is 0.416. The highest BCUT2D eigenvalue weighted by Crippen LogP contribution is 2.29. The summed E-state index contributed by atoms with van der Waals surface area (Å²) in [6.45, 7) is 4.23. The fourth-order valence-electron chi connectivity index (χ4n) is 2.43. The molecule has 2 aromatic carbocycles. The Kier molecular flexibility index (Phi) is 5.07. The number of hydrogen-bond donors (Lipinski definition) is 1. The molecule has 1 unspecified atom stereocenters. The van der Waals surface area contributed by atoms with E-state index in [4.69, 9.17) is 10.5 Å². The van der Waals surface area contributed by atoms with Crippen molar-refractivity contribution in [2.24, 2.45) is 5.73 Å². The first-order valence-electron chi connectivity index (χ1n) is 7.17. The number of hydrogen-bond acceptors (Lipinski definition) is 2. The van der Waals surface area contributed by atoms with Gasteiger partial charge in [0.15, 0.2) is 0 Å². The zero-order valence-corrected chi connectivity index (χ0v) is 14.4. The van der Waals surface area contributed by atoms with Gasteiger partial charge in [-0.1, -0.05) is 47.1 Å². The molecule has 1 atom stereocenters. The van der Waals surface area contributed by atoms with E-state index in [1.165, 1.54) is 5.56 Å². The lowest BCUT2D eigenvalue weighted by Gasteiger charge is -2.26. The molecule has 0 heterocycles. The number of aryl methyl sites for hydroxylation is 1. The van der Waals surface area contributed by atoms with E-state index in [0.717, 1.165) is 34.2 Å². The van der Waals surface area contributed by atoms with E-state index in [9.17, 15) is 0 Å². The highest BCUT2D eigenvalue weighted by Gasteiger charge is 2.23. The number of halogens is 1. The fraction of sp³-hybridized carbons (Fsp3) is 0.333. The topological polar surface area (TPSA) is 35.2 Å². The lowest BCUT2D eigenvalue weighted by Crippen LogP contribution is -2.35. The van der Waals surface area contributed by atoms with E-state index in [-0.39, 0.29) is 0 Å². The summed E-state index contributed by atoms with van der Waals surface area (Å²) in [5.74, 6) is 0.852. The van der Waals surface area contributed by atoms with Crippen molar-refractivity contribution in [1.82, 2.24) is 0 Å². The van der Waals surface area contributed by atoms with Crippen molar-refractivity contribution in [2.45, 2.75) is 32.2 Å². The van der Waals surface area contributed by atoms with Crippen LogP contribution in [-0.2, 0) is 18.4 Å². The summed E-state index contributed by atoms with van der Waals surface area (Å²) in [5.41, 5.74) is 9.77. The summed E-state index contributed by atoms with van der Waals surface area (Å²) in [6.07, 6.45) is 1.79. The molecule has 0 aliphatic heterocycles. The molecule has 0 radical (unpaired) electrons. The van der Waals surface area contributed by atoms with Crippen molar-refractivity contribution < 1.29 is 4.74 Å². The Hall–Kier alpha value is -1.32. The summed E-state index contributed by atoms with van der Waals surface area (Å²) < 4.78 is 6.36. The smallest absolute Gasteiger partial charge is 0.119 e. The Bertz CT molecular complexity index is 605. The van der Waals surface area contributed by atoms with Crippen molar-refractivity contribution >= 4 is 15.9 Å². The predicted molar refractivity (Wildman–Crippen MR) is 91.8 cm³/mol.